The van der Waals surface area contributed by atoms with E-state index in [0.717, 1.165) is 11.1 Å². The smallest absolute Gasteiger partial charge is 0.357 e. The summed E-state index contributed by atoms with van der Waals surface area (Å²) in [6.45, 7) is -6.19. The quantitative estimate of drug-likeness (QED) is 0.0252. The zero-order valence-corrected chi connectivity index (χ0v) is 58.4. The second-order valence-corrected chi connectivity index (χ2v) is 25.5. The van der Waals surface area contributed by atoms with Gasteiger partial charge < -0.3 is 190 Å². The number of hydrogen-bond donors (Lipinski definition) is 27. The number of primary amides is 1. The number of carbonyl (C=O) groups excluding carboxylic acids is 1. The minimum absolute atomic E-state index is 0. The van der Waals surface area contributed by atoms with Crippen molar-refractivity contribution in [3.8, 4) is 0 Å². The van der Waals surface area contributed by atoms with Crippen molar-refractivity contribution in [2.24, 2.45) is 5.73 Å². The van der Waals surface area contributed by atoms with Gasteiger partial charge in [-0.2, -0.15) is 5.10 Å². The van der Waals surface area contributed by atoms with Gasteiger partial charge in [-0.25, -0.2) is 15.1 Å². The standard InChI is InChI=1S/C42H72O36.C15H10Cl2N2O2.CH4N2O2.Ga/c43-1-8-15(48)22(55)25(58)37(69-8)66-6-13-20(53)32(28(61)36(65)68-13)75-40-29(62)33(18(51)11(4-46)72-40)77-41-30(63)34(19(52)12(5-47)73-41)78-42-31(64)35(76-39-27(60)24(57)17(50)10(3-45)71-39)21(54)14(74-42)7-67-38-26(59)23(56)16(49)9(2-44)70-38;16-10-6-5-9(12(17)7-10)8-19-13-4-2-1-3-11(13)14(18-19)15(20)21;2-1(4)3-5;/h8-65H,1-7H2;1-7H,8H2,(H,20,21);5H,(H3,2,3,4);/t8-,9-,10-,11-,12-,13-,14-,15-,16-,17-,18-,19-,20-,21-,22+,23+,24+,25-,26-,27-,28-,29-,30-,31-,32+,33+,34+,35+,36-,37-,38-,39+,40+,41+,42+;;;/m1.../s1. The van der Waals surface area contributed by atoms with Crippen LogP contribution < -0.4 is 11.2 Å². The van der Waals surface area contributed by atoms with Gasteiger partial charge in [-0.1, -0.05) is 47.5 Å². The molecule has 0 spiro atoms. The van der Waals surface area contributed by atoms with Crippen LogP contribution in [0.1, 0.15) is 16.1 Å². The van der Waals surface area contributed by atoms with Crippen molar-refractivity contribution in [1.29, 1.82) is 0 Å². The zero-order chi connectivity index (χ0) is 76.6. The Bertz CT molecular complexity index is 3190. The number of nitrogens with zero attached hydrogens (tertiary/aromatic N) is 2. The molecule has 7 fully saturated rings. The minimum Gasteiger partial charge on any atom is -0.476 e. The Morgan fingerprint density at radius 1 is 0.448 bits per heavy atom. The van der Waals surface area contributed by atoms with Crippen molar-refractivity contribution in [2.45, 2.75) is 221 Å². The van der Waals surface area contributed by atoms with E-state index < -0.39 is 273 Å². The molecule has 35 atom stereocenters. The van der Waals surface area contributed by atoms with E-state index in [0.29, 0.717) is 22.0 Å². The summed E-state index contributed by atoms with van der Waals surface area (Å²) < 4.78 is 73.7. The molecular weight excluding hydrogens is 1530 g/mol. The second-order valence-electron chi connectivity index (χ2n) is 24.7. The molecule has 7 aliphatic rings. The molecule has 8 heterocycles. The van der Waals surface area contributed by atoms with Crippen molar-refractivity contribution in [1.82, 2.24) is 15.3 Å². The fourth-order valence-corrected chi connectivity index (χ4v) is 12.5. The van der Waals surface area contributed by atoms with Crippen LogP contribution in [0.3, 0.4) is 0 Å². The molecule has 44 nitrogen and oxygen atoms in total. The van der Waals surface area contributed by atoms with Crippen LogP contribution in [0, 0.1) is 0 Å². The zero-order valence-electron chi connectivity index (χ0n) is 54.5. The largest absolute Gasteiger partial charge is 0.476 e. The van der Waals surface area contributed by atoms with E-state index in [4.69, 9.17) is 90.0 Å². The number of benzene rings is 2. The normalized spacial score (nSPS) is 42.2. The Labute approximate surface area is 614 Å². The third-order valence-electron chi connectivity index (χ3n) is 17.8. The van der Waals surface area contributed by atoms with Gasteiger partial charge in [0.1, 0.15) is 171 Å². The number of amides is 2. The van der Waals surface area contributed by atoms with Gasteiger partial charge in [-0.05, 0) is 23.8 Å². The number of aromatic carboxylic acids is 1. The first-order valence-electron chi connectivity index (χ1n) is 31.8. The molecule has 0 saturated carbocycles. The molecule has 2 amide bonds. The first-order chi connectivity index (χ1) is 49.2. The molecule has 3 radical (unpaired) electrons. The molecule has 28 N–H and O–H groups in total. The molecule has 0 unspecified atom stereocenters. The van der Waals surface area contributed by atoms with Crippen LogP contribution in [0.25, 0.3) is 10.9 Å². The molecule has 1 aromatic heterocycles. The summed E-state index contributed by atoms with van der Waals surface area (Å²) >= 11 is 12.0. The molecular formula is C58H86Cl2GaN4O40. The van der Waals surface area contributed by atoms with Gasteiger partial charge in [0.15, 0.2) is 49.7 Å². The number of carboxylic acids is 1. The molecule has 3 aromatic rings. The summed E-state index contributed by atoms with van der Waals surface area (Å²) in [5, 5.41) is 267. The fourth-order valence-electron chi connectivity index (χ4n) is 12.0. The predicted molar refractivity (Wildman–Crippen MR) is 334 cm³/mol. The number of rotatable bonds is 22. The summed E-state index contributed by atoms with van der Waals surface area (Å²) in [5.41, 5.74) is 7.07. The Morgan fingerprint density at radius 3 is 1.16 bits per heavy atom. The van der Waals surface area contributed by atoms with Crippen molar-refractivity contribution in [2.75, 3.05) is 46.2 Å². The molecule has 10 rings (SSSR count). The molecule has 7 aliphatic heterocycles. The third-order valence-corrected chi connectivity index (χ3v) is 18.4. The Balaban J connectivity index is 0.000000475. The van der Waals surface area contributed by atoms with E-state index in [9.17, 15) is 132 Å². The summed E-state index contributed by atoms with van der Waals surface area (Å²) in [7, 11) is 0. The Morgan fingerprint density at radius 2 is 0.781 bits per heavy atom. The number of fused-ring (bicyclic) bond motifs is 1. The number of hydrogen-bond acceptors (Lipinski definition) is 40. The number of halogens is 2. The monoisotopic (exact) mass is 1620 g/mol. The SMILES string of the molecule is NC(=O)NO.O=C(O)c1nn(Cc2ccc(Cl)cc2Cl)c2ccccc12.OC[C@H]1O[C@@H](OC[C@H]2O[C@@H](O)[C@H](O)[C@@H](O[C@@H]3O[C@H](CO)[C@@H](O)[C@H](O[C@@H]4O[C@H](CO)[C@@H](O)[C@H](O[C@@H]5O[C@H](CO[C@@H]6O[C@H](CO)[C@@H](O)[C@H](O)[C@H]6O)[C@@H](O)[C@H](O[C@@H]6O[C@H](CO)[C@@H](O)[C@H](O)[C@H]6O)[C@H]5O)[C@H]4O)[C@H]3O)[C@@H]2O)[C@H](O)[C@@H](O)[C@@H]1O.[Ga]. The number of carbonyl (C=O) groups is 2. The number of aliphatic hydroxyl groups excluding tert-OH is 23. The number of nitrogens with two attached hydrogens (primary N) is 1. The van der Waals surface area contributed by atoms with Crippen LogP contribution >= 0.6 is 23.2 Å². The van der Waals surface area contributed by atoms with E-state index in [1.54, 1.807) is 28.9 Å². The van der Waals surface area contributed by atoms with E-state index in [2.05, 4.69) is 10.8 Å². The Kier molecular flexibility index (Phi) is 33.4. The van der Waals surface area contributed by atoms with Crippen LogP contribution in [0.4, 0.5) is 4.79 Å². The second kappa shape index (κ2) is 39.5. The maximum Gasteiger partial charge on any atom is 0.357 e. The van der Waals surface area contributed by atoms with E-state index in [-0.39, 0.29) is 25.5 Å². The van der Waals surface area contributed by atoms with Gasteiger partial charge in [-0.15, -0.1) is 0 Å². The molecule has 0 aliphatic carbocycles. The minimum atomic E-state index is -2.35. The number of para-hydroxylation sites is 1. The molecule has 47 heteroatoms. The number of hydroxylamine groups is 1. The van der Waals surface area contributed by atoms with Gasteiger partial charge in [0.25, 0.3) is 0 Å². The van der Waals surface area contributed by atoms with Gasteiger partial charge in [0.05, 0.1) is 58.3 Å². The van der Waals surface area contributed by atoms with Gasteiger partial charge in [0.2, 0.25) is 0 Å². The number of aromatic nitrogens is 2. The molecule has 105 heavy (non-hydrogen) atoms. The summed E-state index contributed by atoms with van der Waals surface area (Å²) in [5.74, 6) is -1.05. The van der Waals surface area contributed by atoms with Crippen molar-refractivity contribution < 1.29 is 199 Å². The van der Waals surface area contributed by atoms with Gasteiger partial charge in [0, 0.05) is 35.2 Å². The topological polar surface area (TPSA) is 716 Å². The van der Waals surface area contributed by atoms with Crippen LogP contribution in [0.15, 0.2) is 42.5 Å². The van der Waals surface area contributed by atoms with Gasteiger partial charge >= 0.3 is 12.0 Å². The number of nitrogens with one attached hydrogen (secondary N) is 1. The van der Waals surface area contributed by atoms with E-state index in [1.807, 2.05) is 18.2 Å². The maximum absolute atomic E-state index is 11.8. The first-order valence-corrected chi connectivity index (χ1v) is 32.6. The first kappa shape index (κ1) is 88.6. The third kappa shape index (κ3) is 20.4. The maximum atomic E-state index is 11.8. The van der Waals surface area contributed by atoms with Gasteiger partial charge in [-0.3, -0.25) is 9.89 Å². The van der Waals surface area contributed by atoms with Crippen molar-refractivity contribution in [3.63, 3.8) is 0 Å². The van der Waals surface area contributed by atoms with E-state index >= 15 is 0 Å². The predicted octanol–water partition coefficient (Wildman–Crippen LogP) is -13.5. The summed E-state index contributed by atoms with van der Waals surface area (Å²) in [6, 6.07) is 11.5. The number of ether oxygens (including phenoxy) is 13. The van der Waals surface area contributed by atoms with Crippen molar-refractivity contribution >= 4 is 65.9 Å². The average Bonchev–Trinajstić information content (AvgIpc) is 1.65. The molecule has 2 aromatic carbocycles. The average molecular weight is 1620 g/mol. The molecule has 0 bridgehead atoms. The summed E-state index contributed by atoms with van der Waals surface area (Å²) in [6.07, 6.45) is -69.4. The molecule has 595 valence electrons. The fraction of sp³-hybridized carbons (Fsp3) is 0.741. The van der Waals surface area contributed by atoms with E-state index in [1.165, 1.54) is 5.48 Å². The number of carboxylic acid groups (broad SMARTS) is 1. The number of aliphatic hydroxyl groups is 23. The van der Waals surface area contributed by atoms with Crippen LogP contribution in [-0.4, -0.2) is 431 Å². The Hall–Kier alpha value is -3.61. The van der Waals surface area contributed by atoms with Crippen LogP contribution in [-0.2, 0) is 68.1 Å². The number of urea groups is 1. The van der Waals surface area contributed by atoms with Crippen LogP contribution in [0.5, 0.6) is 0 Å². The summed E-state index contributed by atoms with van der Waals surface area (Å²) in [4.78, 5) is 20.5. The van der Waals surface area contributed by atoms with Crippen molar-refractivity contribution in [3.05, 3.63) is 63.8 Å². The molecule has 7 saturated heterocycles. The van der Waals surface area contributed by atoms with Crippen LogP contribution in [0.2, 0.25) is 10.0 Å².